The zero-order chi connectivity index (χ0) is 18.0. The van der Waals surface area contributed by atoms with Gasteiger partial charge in [-0.25, -0.2) is 8.42 Å². The monoisotopic (exact) mass is 369 g/mol. The molecule has 2 aliphatic heterocycles. The summed E-state index contributed by atoms with van der Waals surface area (Å²) in [6.07, 6.45) is 0. The molecule has 2 saturated heterocycles. The second kappa shape index (κ2) is 7.24. The molecule has 0 saturated carbocycles. The first-order valence-electron chi connectivity index (χ1n) is 8.32. The van der Waals surface area contributed by atoms with Gasteiger partial charge in [0.1, 0.15) is 4.90 Å². The molecular weight excluding hydrogens is 346 g/mol. The Morgan fingerprint density at radius 2 is 1.72 bits per heavy atom. The van der Waals surface area contributed by atoms with Crippen molar-refractivity contribution >= 4 is 21.4 Å². The molecule has 1 aromatic carbocycles. The van der Waals surface area contributed by atoms with E-state index in [0.29, 0.717) is 45.0 Å². The number of nitro benzene ring substituents is 1. The molecular formula is C15H23N5O4S. The Hall–Kier alpha value is -1.75. The van der Waals surface area contributed by atoms with E-state index < -0.39 is 14.9 Å². The lowest BCUT2D eigenvalue weighted by Crippen LogP contribution is -2.48. The van der Waals surface area contributed by atoms with E-state index in [1.807, 2.05) is 11.9 Å². The zero-order valence-electron chi connectivity index (χ0n) is 14.2. The standard InChI is InChI=1S/C15H23N5O4S/c1-17-8-10-19(11-9-17)25(23,24)15-12-13(20(21)22)2-3-14(15)18-6-4-16-5-7-18/h2-3,12,16H,4-11H2,1H3. The summed E-state index contributed by atoms with van der Waals surface area (Å²) in [5.74, 6) is 0. The van der Waals surface area contributed by atoms with Crippen molar-refractivity contribution in [3.63, 3.8) is 0 Å². The van der Waals surface area contributed by atoms with Crippen molar-refractivity contribution in [1.29, 1.82) is 0 Å². The fourth-order valence-corrected chi connectivity index (χ4v) is 4.81. The number of nitrogens with zero attached hydrogens (tertiary/aromatic N) is 4. The summed E-state index contributed by atoms with van der Waals surface area (Å²) in [7, 11) is -1.83. The summed E-state index contributed by atoms with van der Waals surface area (Å²) in [5, 5.41) is 14.4. The van der Waals surface area contributed by atoms with Gasteiger partial charge in [0.25, 0.3) is 5.69 Å². The molecule has 0 aliphatic carbocycles. The molecule has 1 aromatic rings. The predicted octanol–water partition coefficient (Wildman–Crippen LogP) is -0.0595. The van der Waals surface area contributed by atoms with Crippen molar-refractivity contribution in [3.05, 3.63) is 28.3 Å². The number of nitrogens with one attached hydrogen (secondary N) is 1. The molecule has 3 rings (SSSR count). The minimum atomic E-state index is -3.78. The largest absolute Gasteiger partial charge is 0.368 e. The fraction of sp³-hybridized carbons (Fsp3) is 0.600. The van der Waals surface area contributed by atoms with E-state index in [1.165, 1.54) is 16.4 Å². The second-order valence-electron chi connectivity index (χ2n) is 6.35. The highest BCUT2D eigenvalue weighted by Crippen LogP contribution is 2.32. The maximum Gasteiger partial charge on any atom is 0.270 e. The Labute approximate surface area is 147 Å². The number of hydrogen-bond acceptors (Lipinski definition) is 7. The molecule has 0 amide bonds. The van der Waals surface area contributed by atoms with Gasteiger partial charge >= 0.3 is 0 Å². The lowest BCUT2D eigenvalue weighted by molar-refractivity contribution is -0.385. The van der Waals surface area contributed by atoms with Crippen LogP contribution in [0, 0.1) is 10.1 Å². The second-order valence-corrected chi connectivity index (χ2v) is 8.26. The Balaban J connectivity index is 2.01. The van der Waals surface area contributed by atoms with E-state index in [0.717, 1.165) is 13.1 Å². The van der Waals surface area contributed by atoms with E-state index in [-0.39, 0.29) is 10.6 Å². The Bertz CT molecular complexity index is 740. The van der Waals surface area contributed by atoms with Gasteiger partial charge in [0.15, 0.2) is 0 Å². The number of non-ortho nitro benzene ring substituents is 1. The van der Waals surface area contributed by atoms with Gasteiger partial charge in [-0.15, -0.1) is 0 Å². The SMILES string of the molecule is CN1CCN(S(=O)(=O)c2cc([N+](=O)[O-])ccc2N2CCNCC2)CC1. The molecule has 138 valence electrons. The van der Waals surface area contributed by atoms with Crippen molar-refractivity contribution in [3.8, 4) is 0 Å². The first-order valence-corrected chi connectivity index (χ1v) is 9.76. The molecule has 2 fully saturated rings. The Kier molecular flexibility index (Phi) is 5.23. The third kappa shape index (κ3) is 3.76. The molecule has 10 heteroatoms. The molecule has 0 spiro atoms. The van der Waals surface area contributed by atoms with Gasteiger partial charge in [-0.3, -0.25) is 10.1 Å². The van der Waals surface area contributed by atoms with Gasteiger partial charge in [0.05, 0.1) is 10.6 Å². The summed E-state index contributed by atoms with van der Waals surface area (Å²) < 4.78 is 27.8. The minimum absolute atomic E-state index is 0.0353. The van der Waals surface area contributed by atoms with Crippen LogP contribution in [0.4, 0.5) is 11.4 Å². The number of likely N-dealkylation sites (N-methyl/N-ethyl adjacent to an activating group) is 1. The summed E-state index contributed by atoms with van der Waals surface area (Å²) >= 11 is 0. The van der Waals surface area contributed by atoms with Gasteiger partial charge in [-0.05, 0) is 13.1 Å². The van der Waals surface area contributed by atoms with Crippen molar-refractivity contribution in [1.82, 2.24) is 14.5 Å². The van der Waals surface area contributed by atoms with Crippen molar-refractivity contribution in [2.75, 3.05) is 64.3 Å². The highest BCUT2D eigenvalue weighted by molar-refractivity contribution is 7.89. The van der Waals surface area contributed by atoms with Crippen LogP contribution in [0.25, 0.3) is 0 Å². The van der Waals surface area contributed by atoms with Crippen LogP contribution in [-0.2, 0) is 10.0 Å². The highest BCUT2D eigenvalue weighted by atomic mass is 32.2. The first-order chi connectivity index (χ1) is 11.9. The third-order valence-corrected chi connectivity index (χ3v) is 6.62. The summed E-state index contributed by atoms with van der Waals surface area (Å²) in [6.45, 7) is 4.93. The average Bonchev–Trinajstić information content (AvgIpc) is 2.62. The van der Waals surface area contributed by atoms with Crippen LogP contribution in [0.3, 0.4) is 0 Å². The fourth-order valence-electron chi connectivity index (χ4n) is 3.16. The molecule has 2 heterocycles. The molecule has 0 atom stereocenters. The van der Waals surface area contributed by atoms with Crippen LogP contribution in [0.1, 0.15) is 0 Å². The molecule has 0 unspecified atom stereocenters. The number of benzene rings is 1. The van der Waals surface area contributed by atoms with Gasteiger partial charge in [-0.1, -0.05) is 0 Å². The van der Waals surface area contributed by atoms with Gasteiger partial charge in [-0.2, -0.15) is 4.31 Å². The van der Waals surface area contributed by atoms with Gasteiger partial charge in [0, 0.05) is 64.5 Å². The molecule has 0 aromatic heterocycles. The van der Waals surface area contributed by atoms with E-state index in [1.54, 1.807) is 6.07 Å². The number of piperazine rings is 2. The minimum Gasteiger partial charge on any atom is -0.368 e. The van der Waals surface area contributed by atoms with E-state index in [9.17, 15) is 18.5 Å². The lowest BCUT2D eigenvalue weighted by Gasteiger charge is -2.34. The van der Waals surface area contributed by atoms with Crippen LogP contribution in [0.2, 0.25) is 0 Å². The number of nitro groups is 1. The molecule has 1 N–H and O–H groups in total. The average molecular weight is 369 g/mol. The van der Waals surface area contributed by atoms with E-state index >= 15 is 0 Å². The normalized spacial score (nSPS) is 20.6. The van der Waals surface area contributed by atoms with Gasteiger partial charge in [0.2, 0.25) is 10.0 Å². The highest BCUT2D eigenvalue weighted by Gasteiger charge is 2.32. The van der Waals surface area contributed by atoms with Gasteiger partial charge < -0.3 is 15.1 Å². The maximum absolute atomic E-state index is 13.2. The topological polar surface area (TPSA) is 99.0 Å². The number of sulfonamides is 1. The van der Waals surface area contributed by atoms with Crippen LogP contribution in [0.5, 0.6) is 0 Å². The molecule has 9 nitrogen and oxygen atoms in total. The van der Waals surface area contributed by atoms with E-state index in [2.05, 4.69) is 10.2 Å². The van der Waals surface area contributed by atoms with Crippen LogP contribution in [0.15, 0.2) is 23.1 Å². The first kappa shape index (κ1) is 18.1. The van der Waals surface area contributed by atoms with E-state index in [4.69, 9.17) is 0 Å². The lowest BCUT2D eigenvalue weighted by atomic mass is 10.2. The summed E-state index contributed by atoms with van der Waals surface area (Å²) in [5.41, 5.74) is 0.345. The summed E-state index contributed by atoms with van der Waals surface area (Å²) in [4.78, 5) is 14.7. The van der Waals surface area contributed by atoms with Crippen molar-refractivity contribution < 1.29 is 13.3 Å². The molecule has 0 radical (unpaired) electrons. The molecule has 2 aliphatic rings. The number of hydrogen-bond donors (Lipinski definition) is 1. The molecule has 0 bridgehead atoms. The number of rotatable bonds is 4. The van der Waals surface area contributed by atoms with Crippen molar-refractivity contribution in [2.24, 2.45) is 0 Å². The zero-order valence-corrected chi connectivity index (χ0v) is 15.0. The third-order valence-electron chi connectivity index (χ3n) is 4.69. The Morgan fingerprint density at radius 3 is 2.32 bits per heavy atom. The maximum atomic E-state index is 13.2. The smallest absolute Gasteiger partial charge is 0.270 e. The number of anilines is 1. The predicted molar refractivity (Wildman–Crippen MR) is 94.4 cm³/mol. The molecule has 25 heavy (non-hydrogen) atoms. The van der Waals surface area contributed by atoms with Crippen LogP contribution < -0.4 is 10.2 Å². The van der Waals surface area contributed by atoms with Crippen LogP contribution >= 0.6 is 0 Å². The van der Waals surface area contributed by atoms with Crippen molar-refractivity contribution in [2.45, 2.75) is 4.90 Å². The van der Waals surface area contributed by atoms with Crippen LogP contribution in [-0.4, -0.2) is 82.0 Å². The quantitative estimate of drug-likeness (QED) is 0.586. The Morgan fingerprint density at radius 1 is 1.08 bits per heavy atom. The summed E-state index contributed by atoms with van der Waals surface area (Å²) in [6, 6.07) is 4.14.